The van der Waals surface area contributed by atoms with E-state index in [0.29, 0.717) is 4.99 Å². The normalized spacial score (nSPS) is 10.3. The summed E-state index contributed by atoms with van der Waals surface area (Å²) in [6.07, 6.45) is 4.41. The molecule has 0 aliphatic rings. The van der Waals surface area contributed by atoms with Crippen LogP contribution in [0.1, 0.15) is 45.1 Å². The van der Waals surface area contributed by atoms with Crippen LogP contribution in [0.25, 0.3) is 0 Å². The number of hydrogen-bond acceptors (Lipinski definition) is 3. The van der Waals surface area contributed by atoms with Crippen molar-refractivity contribution in [3.8, 4) is 11.5 Å². The quantitative estimate of drug-likeness (QED) is 0.428. The monoisotopic (exact) mass is 357 g/mol. The van der Waals surface area contributed by atoms with Crippen molar-refractivity contribution in [3.05, 3.63) is 54.1 Å². The average Bonchev–Trinajstić information content (AvgIpc) is 2.64. The number of ether oxygens (including phenoxy) is 2. The van der Waals surface area contributed by atoms with Crippen LogP contribution >= 0.6 is 12.2 Å². The van der Waals surface area contributed by atoms with E-state index in [1.165, 1.54) is 0 Å². The third kappa shape index (κ3) is 6.75. The van der Waals surface area contributed by atoms with Crippen LogP contribution in [0.4, 0.5) is 5.69 Å². The highest BCUT2D eigenvalue weighted by Crippen LogP contribution is 2.18. The maximum atomic E-state index is 5.68. The van der Waals surface area contributed by atoms with Gasteiger partial charge in [0.25, 0.3) is 0 Å². The summed E-state index contributed by atoms with van der Waals surface area (Å²) in [6.45, 7) is 5.82. The lowest BCUT2D eigenvalue weighted by atomic mass is 10.2. The van der Waals surface area contributed by atoms with Crippen LogP contribution in [0.15, 0.2) is 48.5 Å². The average molecular weight is 358 g/mol. The molecule has 4 heteroatoms. The first kappa shape index (κ1) is 19.3. The maximum absolute atomic E-state index is 5.68. The van der Waals surface area contributed by atoms with Gasteiger partial charge in [-0.2, -0.15) is 0 Å². The van der Waals surface area contributed by atoms with Crippen LogP contribution in [0, 0.1) is 0 Å². The maximum Gasteiger partial charge on any atom is 0.119 e. The highest BCUT2D eigenvalue weighted by Gasteiger charge is 2.03. The van der Waals surface area contributed by atoms with Crippen molar-refractivity contribution in [2.45, 2.75) is 39.5 Å². The van der Waals surface area contributed by atoms with E-state index in [-0.39, 0.29) is 0 Å². The molecule has 0 heterocycles. The van der Waals surface area contributed by atoms with Gasteiger partial charge < -0.3 is 14.8 Å². The van der Waals surface area contributed by atoms with Gasteiger partial charge in [-0.15, -0.1) is 0 Å². The van der Waals surface area contributed by atoms with Crippen LogP contribution < -0.4 is 14.8 Å². The predicted octanol–water partition coefficient (Wildman–Crippen LogP) is 5.83. The van der Waals surface area contributed by atoms with Crippen molar-refractivity contribution in [3.63, 3.8) is 0 Å². The topological polar surface area (TPSA) is 30.5 Å². The smallest absolute Gasteiger partial charge is 0.119 e. The van der Waals surface area contributed by atoms with Crippen LogP contribution in [-0.2, 0) is 0 Å². The highest BCUT2D eigenvalue weighted by atomic mass is 32.1. The first-order valence-corrected chi connectivity index (χ1v) is 9.40. The van der Waals surface area contributed by atoms with Gasteiger partial charge in [-0.1, -0.05) is 38.9 Å². The van der Waals surface area contributed by atoms with Gasteiger partial charge in [-0.05, 0) is 61.4 Å². The Morgan fingerprint density at radius 1 is 0.800 bits per heavy atom. The summed E-state index contributed by atoms with van der Waals surface area (Å²) in [7, 11) is 0. The molecule has 25 heavy (non-hydrogen) atoms. The molecule has 0 fully saturated rings. The zero-order chi connectivity index (χ0) is 17.9. The predicted molar refractivity (Wildman–Crippen MR) is 109 cm³/mol. The minimum absolute atomic E-state index is 0.694. The first-order chi connectivity index (χ1) is 12.2. The van der Waals surface area contributed by atoms with Gasteiger partial charge in [0.2, 0.25) is 0 Å². The molecule has 0 radical (unpaired) electrons. The van der Waals surface area contributed by atoms with Crippen molar-refractivity contribution < 1.29 is 9.47 Å². The Balaban J connectivity index is 1.86. The van der Waals surface area contributed by atoms with Crippen LogP contribution in [-0.4, -0.2) is 18.2 Å². The highest BCUT2D eigenvalue weighted by molar-refractivity contribution is 7.81. The lowest BCUT2D eigenvalue weighted by Gasteiger charge is -2.11. The Hall–Kier alpha value is -2.07. The van der Waals surface area contributed by atoms with Gasteiger partial charge in [0, 0.05) is 11.3 Å². The number of anilines is 1. The van der Waals surface area contributed by atoms with Gasteiger partial charge in [-0.25, -0.2) is 0 Å². The minimum atomic E-state index is 0.694. The van der Waals surface area contributed by atoms with E-state index in [2.05, 4.69) is 19.2 Å². The summed E-state index contributed by atoms with van der Waals surface area (Å²) in [5.74, 6) is 1.77. The molecule has 3 nitrogen and oxygen atoms in total. The largest absolute Gasteiger partial charge is 0.494 e. The van der Waals surface area contributed by atoms with E-state index in [1.54, 1.807) is 0 Å². The number of thiocarbonyl (C=S) groups is 1. The second-order valence-electron chi connectivity index (χ2n) is 5.91. The summed E-state index contributed by atoms with van der Waals surface area (Å²) in [4.78, 5) is 0.694. The van der Waals surface area contributed by atoms with Gasteiger partial charge in [-0.3, -0.25) is 0 Å². The van der Waals surface area contributed by atoms with Gasteiger partial charge in [0.05, 0.1) is 13.2 Å². The molecule has 2 rings (SSSR count). The lowest BCUT2D eigenvalue weighted by molar-refractivity contribution is 0.309. The fraction of sp³-hybridized carbons (Fsp3) is 0.381. The molecule has 2 aromatic rings. The number of unbranched alkanes of at least 4 members (excludes halogenated alkanes) is 2. The molecule has 0 saturated heterocycles. The summed E-state index contributed by atoms with van der Waals surface area (Å²) in [5.41, 5.74) is 1.93. The fourth-order valence-electron chi connectivity index (χ4n) is 2.21. The number of nitrogens with one attached hydrogen (secondary N) is 1. The summed E-state index contributed by atoms with van der Waals surface area (Å²) in [5, 5.41) is 3.26. The van der Waals surface area contributed by atoms with E-state index in [9.17, 15) is 0 Å². The van der Waals surface area contributed by atoms with Crippen molar-refractivity contribution in [2.24, 2.45) is 0 Å². The third-order valence-corrected chi connectivity index (χ3v) is 4.10. The second-order valence-corrected chi connectivity index (χ2v) is 6.32. The molecule has 0 atom stereocenters. The fourth-order valence-corrected chi connectivity index (χ4v) is 2.46. The van der Waals surface area contributed by atoms with Crippen molar-refractivity contribution in [1.82, 2.24) is 0 Å². The van der Waals surface area contributed by atoms with Crippen LogP contribution in [0.5, 0.6) is 11.5 Å². The Morgan fingerprint density at radius 2 is 1.28 bits per heavy atom. The van der Waals surface area contributed by atoms with E-state index < -0.39 is 0 Å². The van der Waals surface area contributed by atoms with Crippen molar-refractivity contribution in [2.75, 3.05) is 18.5 Å². The molecular formula is C21H27NO2S. The Bertz CT molecular complexity index is 638. The summed E-state index contributed by atoms with van der Waals surface area (Å²) in [6, 6.07) is 15.8. The molecule has 0 aliphatic heterocycles. The van der Waals surface area contributed by atoms with Gasteiger partial charge >= 0.3 is 0 Å². The molecule has 1 N–H and O–H groups in total. The van der Waals surface area contributed by atoms with E-state index in [1.807, 2.05) is 48.5 Å². The SMILES string of the molecule is CCCCOc1ccc(NC(=S)c2ccc(OCCCC)cc2)cc1. The molecule has 2 aromatic carbocycles. The molecule has 0 aromatic heterocycles. The molecule has 0 spiro atoms. The van der Waals surface area contributed by atoms with Crippen molar-refractivity contribution >= 4 is 22.9 Å². The zero-order valence-electron chi connectivity index (χ0n) is 15.1. The Morgan fingerprint density at radius 3 is 1.76 bits per heavy atom. The minimum Gasteiger partial charge on any atom is -0.494 e. The van der Waals surface area contributed by atoms with E-state index in [4.69, 9.17) is 21.7 Å². The van der Waals surface area contributed by atoms with Crippen LogP contribution in [0.2, 0.25) is 0 Å². The molecule has 0 amide bonds. The molecule has 0 saturated carbocycles. The van der Waals surface area contributed by atoms with Gasteiger partial charge in [0.1, 0.15) is 16.5 Å². The van der Waals surface area contributed by atoms with Crippen molar-refractivity contribution in [1.29, 1.82) is 0 Å². The molecular weight excluding hydrogens is 330 g/mol. The third-order valence-electron chi connectivity index (χ3n) is 3.76. The number of rotatable bonds is 10. The molecule has 134 valence electrons. The summed E-state index contributed by atoms with van der Waals surface area (Å²) >= 11 is 5.49. The molecule has 0 aliphatic carbocycles. The lowest BCUT2D eigenvalue weighted by Crippen LogP contribution is -2.10. The number of benzene rings is 2. The zero-order valence-corrected chi connectivity index (χ0v) is 15.9. The Kier molecular flexibility index (Phi) is 8.26. The second kappa shape index (κ2) is 10.7. The molecule has 0 unspecified atom stereocenters. The van der Waals surface area contributed by atoms with Gasteiger partial charge in [0.15, 0.2) is 0 Å². The van der Waals surface area contributed by atoms with Crippen LogP contribution in [0.3, 0.4) is 0 Å². The first-order valence-electron chi connectivity index (χ1n) is 9.00. The Labute approximate surface area is 156 Å². The summed E-state index contributed by atoms with van der Waals surface area (Å²) < 4.78 is 11.3. The van der Waals surface area contributed by atoms with E-state index >= 15 is 0 Å². The molecule has 0 bridgehead atoms. The standard InChI is InChI=1S/C21H27NO2S/c1-3-5-15-23-19-11-7-17(8-12-19)21(25)22-18-9-13-20(14-10-18)24-16-6-4-2/h7-14H,3-6,15-16H2,1-2H3,(H,22,25). The number of hydrogen-bond donors (Lipinski definition) is 1. The van der Waals surface area contributed by atoms with E-state index in [0.717, 1.165) is 61.6 Å².